The van der Waals surface area contributed by atoms with Crippen molar-refractivity contribution < 1.29 is 19.5 Å². The Kier molecular flexibility index (Phi) is 8.89. The van der Waals surface area contributed by atoms with Crippen LogP contribution in [-0.2, 0) is 14.4 Å². The largest absolute Gasteiger partial charge is 0.391 e. The number of hydrogen-bond acceptors (Lipinski definition) is 6. The molecule has 0 unspecified atom stereocenters. The van der Waals surface area contributed by atoms with Gasteiger partial charge in [0.1, 0.15) is 5.78 Å². The summed E-state index contributed by atoms with van der Waals surface area (Å²) in [6, 6.07) is 7.48. The molecule has 190 valence electrons. The minimum atomic E-state index is -0.755. The van der Waals surface area contributed by atoms with Crippen LogP contribution in [-0.4, -0.2) is 57.0 Å². The fourth-order valence-corrected chi connectivity index (χ4v) is 5.63. The predicted molar refractivity (Wildman–Crippen MR) is 140 cm³/mol. The van der Waals surface area contributed by atoms with E-state index in [2.05, 4.69) is 4.98 Å². The second kappa shape index (κ2) is 11.3. The first kappa shape index (κ1) is 27.5. The van der Waals surface area contributed by atoms with Crippen LogP contribution in [0.25, 0.3) is 10.4 Å². The number of benzene rings is 1. The molecule has 1 aromatic heterocycles. The molecule has 0 saturated carbocycles. The van der Waals surface area contributed by atoms with Gasteiger partial charge in [0.05, 0.1) is 34.1 Å². The number of β-amino-alcohol motifs (C(OH)–C–C–N with tert-alkyl or cyclic N) is 1. The molecular weight excluding hydrogens is 484 g/mol. The molecule has 4 atom stereocenters. The van der Waals surface area contributed by atoms with Crippen LogP contribution in [0.3, 0.4) is 0 Å². The van der Waals surface area contributed by atoms with Gasteiger partial charge in [-0.2, -0.15) is 0 Å². The van der Waals surface area contributed by atoms with Crippen LogP contribution in [0.4, 0.5) is 0 Å². The Labute approximate surface area is 216 Å². The summed E-state index contributed by atoms with van der Waals surface area (Å²) in [5, 5.41) is 10.3. The Morgan fingerprint density at radius 2 is 1.86 bits per heavy atom. The number of aryl methyl sites for hydroxylation is 1. The lowest BCUT2D eigenvalue weighted by Crippen LogP contribution is -2.47. The van der Waals surface area contributed by atoms with E-state index in [-0.39, 0.29) is 55.1 Å². The quantitative estimate of drug-likeness (QED) is 0.472. The number of aliphatic hydroxyl groups excluding tert-OH is 1. The molecule has 6 nitrogen and oxygen atoms in total. The van der Waals surface area contributed by atoms with Crippen molar-refractivity contribution in [2.45, 2.75) is 71.9 Å². The summed E-state index contributed by atoms with van der Waals surface area (Å²) in [4.78, 5) is 45.8. The highest BCUT2D eigenvalue weighted by Gasteiger charge is 2.44. The maximum atomic E-state index is 13.5. The summed E-state index contributed by atoms with van der Waals surface area (Å²) >= 11 is 7.31. The van der Waals surface area contributed by atoms with Crippen molar-refractivity contribution in [1.29, 1.82) is 0 Å². The van der Waals surface area contributed by atoms with Gasteiger partial charge < -0.3 is 10.0 Å². The van der Waals surface area contributed by atoms with Gasteiger partial charge in [-0.1, -0.05) is 52.0 Å². The Balaban J connectivity index is 1.73. The fourth-order valence-electron chi connectivity index (χ4n) is 4.71. The third kappa shape index (κ3) is 6.57. The van der Waals surface area contributed by atoms with Crippen molar-refractivity contribution in [3.63, 3.8) is 0 Å². The summed E-state index contributed by atoms with van der Waals surface area (Å²) in [7, 11) is 0. The third-order valence-corrected chi connectivity index (χ3v) is 8.13. The van der Waals surface area contributed by atoms with E-state index >= 15 is 0 Å². The zero-order valence-electron chi connectivity index (χ0n) is 21.1. The van der Waals surface area contributed by atoms with Crippen molar-refractivity contribution in [2.24, 2.45) is 11.3 Å². The maximum Gasteiger partial charge on any atom is 0.227 e. The molecule has 1 aliphatic rings. The second-order valence-corrected chi connectivity index (χ2v) is 11.8. The number of amides is 1. The summed E-state index contributed by atoms with van der Waals surface area (Å²) in [5.41, 5.74) is 4.49. The number of aliphatic hydroxyl groups is 1. The van der Waals surface area contributed by atoms with Gasteiger partial charge in [0.2, 0.25) is 5.91 Å². The van der Waals surface area contributed by atoms with Crippen LogP contribution in [0.5, 0.6) is 0 Å². The lowest BCUT2D eigenvalue weighted by molar-refractivity contribution is -0.145. The number of nitrogens with zero attached hydrogens (tertiary/aromatic N) is 2. The van der Waals surface area contributed by atoms with E-state index in [4.69, 9.17) is 11.6 Å². The summed E-state index contributed by atoms with van der Waals surface area (Å²) in [5.74, 6) is -1.32. The monoisotopic (exact) mass is 518 g/mol. The molecule has 0 radical (unpaired) electrons. The minimum Gasteiger partial charge on any atom is -0.391 e. The van der Waals surface area contributed by atoms with E-state index in [1.54, 1.807) is 11.3 Å². The molecule has 1 fully saturated rings. The number of hydrogen-bond donors (Lipinski definition) is 1. The average Bonchev–Trinajstić information content (AvgIpc) is 3.41. The van der Waals surface area contributed by atoms with Crippen molar-refractivity contribution >= 4 is 40.4 Å². The Bertz CT molecular complexity index is 1060. The van der Waals surface area contributed by atoms with Crippen LogP contribution < -0.4 is 0 Å². The molecular formula is C27H35ClN2O4S. The van der Waals surface area contributed by atoms with Crippen LogP contribution >= 0.6 is 22.9 Å². The van der Waals surface area contributed by atoms with E-state index in [1.807, 2.05) is 64.4 Å². The lowest BCUT2D eigenvalue weighted by Gasteiger charge is -2.34. The molecule has 3 rings (SSSR count). The van der Waals surface area contributed by atoms with Crippen LogP contribution in [0.1, 0.15) is 64.1 Å². The molecule has 1 aromatic carbocycles. The number of carbonyl (C=O) groups excluding carboxylic acids is 3. The van der Waals surface area contributed by atoms with Gasteiger partial charge in [-0.3, -0.25) is 14.4 Å². The number of halogens is 1. The van der Waals surface area contributed by atoms with Gasteiger partial charge in [-0.15, -0.1) is 22.9 Å². The smallest absolute Gasteiger partial charge is 0.227 e. The van der Waals surface area contributed by atoms with Crippen LogP contribution in [0, 0.1) is 18.3 Å². The molecule has 8 heteroatoms. The van der Waals surface area contributed by atoms with Crippen molar-refractivity contribution in [3.8, 4) is 10.4 Å². The average molecular weight is 519 g/mol. The van der Waals surface area contributed by atoms with Crippen molar-refractivity contribution in [1.82, 2.24) is 9.88 Å². The number of alkyl halides is 1. The molecule has 1 amide bonds. The zero-order chi connectivity index (χ0) is 25.9. The summed E-state index contributed by atoms with van der Waals surface area (Å²) in [6.07, 6.45) is -0.238. The topological polar surface area (TPSA) is 87.6 Å². The normalized spacial score (nSPS) is 20.0. The van der Waals surface area contributed by atoms with Gasteiger partial charge >= 0.3 is 0 Å². The van der Waals surface area contributed by atoms with Crippen LogP contribution in [0.15, 0.2) is 29.8 Å². The van der Waals surface area contributed by atoms with E-state index in [0.29, 0.717) is 0 Å². The molecule has 35 heavy (non-hydrogen) atoms. The number of thiazole rings is 1. The number of ketones is 2. The molecule has 1 N–H and O–H groups in total. The fraction of sp³-hybridized carbons (Fsp3) is 0.556. The van der Waals surface area contributed by atoms with E-state index in [1.165, 1.54) is 4.90 Å². The van der Waals surface area contributed by atoms with Crippen LogP contribution in [0.2, 0.25) is 0 Å². The van der Waals surface area contributed by atoms with Gasteiger partial charge in [-0.25, -0.2) is 4.98 Å². The molecule has 1 saturated heterocycles. The lowest BCUT2D eigenvalue weighted by atomic mass is 9.77. The minimum absolute atomic E-state index is 0.0291. The maximum absolute atomic E-state index is 13.5. The van der Waals surface area contributed by atoms with E-state index in [9.17, 15) is 19.5 Å². The van der Waals surface area contributed by atoms with Gasteiger partial charge in [-0.05, 0) is 29.4 Å². The number of aromatic nitrogens is 1. The Morgan fingerprint density at radius 1 is 1.20 bits per heavy atom. The standard InChI is InChI=1S/C27H35ClN2O4S/c1-16(18-6-8-19(9-7-18)25-17(2)29-15-35-25)10-24(33)23-12-21(32)14-30(23)26(34)22(27(3,4)5)11-20(31)13-28/h6-9,15-16,21-23,32H,10-14H2,1-5H3/t16-,21-,22-,23+/m1/s1. The first-order valence-corrected chi connectivity index (χ1v) is 13.4. The molecule has 1 aliphatic heterocycles. The predicted octanol–water partition coefficient (Wildman–Crippen LogP) is 5.00. The molecule has 2 heterocycles. The van der Waals surface area contributed by atoms with Crippen molar-refractivity contribution in [3.05, 3.63) is 41.0 Å². The molecule has 0 aliphatic carbocycles. The van der Waals surface area contributed by atoms with Gasteiger partial charge in [0, 0.05) is 31.7 Å². The van der Waals surface area contributed by atoms with Crippen molar-refractivity contribution in [2.75, 3.05) is 12.4 Å². The zero-order valence-corrected chi connectivity index (χ0v) is 22.7. The first-order valence-electron chi connectivity index (χ1n) is 12.0. The molecule has 0 spiro atoms. The third-order valence-electron chi connectivity index (χ3n) is 6.85. The van der Waals surface area contributed by atoms with E-state index in [0.717, 1.165) is 21.7 Å². The second-order valence-electron chi connectivity index (χ2n) is 10.7. The number of rotatable bonds is 9. The molecule has 0 bridgehead atoms. The van der Waals surface area contributed by atoms with Gasteiger partial charge in [0.15, 0.2) is 5.78 Å². The van der Waals surface area contributed by atoms with Gasteiger partial charge in [0.25, 0.3) is 0 Å². The number of likely N-dealkylation sites (tertiary alicyclic amines) is 1. The summed E-state index contributed by atoms with van der Waals surface area (Å²) < 4.78 is 0. The summed E-state index contributed by atoms with van der Waals surface area (Å²) in [6.45, 7) is 9.80. The number of carbonyl (C=O) groups is 3. The molecule has 2 aromatic rings. The number of Topliss-reactive ketones (excluding diaryl/α,β-unsaturated/α-hetero) is 2. The Morgan fingerprint density at radius 3 is 2.40 bits per heavy atom. The van der Waals surface area contributed by atoms with E-state index < -0.39 is 23.5 Å². The first-order chi connectivity index (χ1) is 16.4. The highest BCUT2D eigenvalue weighted by Crippen LogP contribution is 2.35. The highest BCUT2D eigenvalue weighted by atomic mass is 35.5. The Hall–Kier alpha value is -2.09. The highest BCUT2D eigenvalue weighted by molar-refractivity contribution is 7.13. The SMILES string of the molecule is Cc1ncsc1-c1ccc([C@H](C)CC(=O)[C@@H]2C[C@@H](O)CN2C(=O)[C@@H](CC(=O)CCl)C(C)(C)C)cc1.